The largest absolute Gasteiger partial charge is 0.281 e. The number of hydrogen-bond acceptors (Lipinski definition) is 2. The summed E-state index contributed by atoms with van der Waals surface area (Å²) in [7, 11) is 0. The fourth-order valence-electron chi connectivity index (χ4n) is 4.99. The van der Waals surface area contributed by atoms with E-state index in [1.807, 2.05) is 13.8 Å². The molecule has 0 aromatic heterocycles. The Labute approximate surface area is 203 Å². The quantitative estimate of drug-likeness (QED) is 0.379. The van der Waals surface area contributed by atoms with Crippen molar-refractivity contribution in [1.29, 1.82) is 0 Å². The van der Waals surface area contributed by atoms with E-state index in [-0.39, 0.29) is 0 Å². The van der Waals surface area contributed by atoms with Crippen molar-refractivity contribution < 1.29 is 0 Å². The highest BCUT2D eigenvalue weighted by Crippen LogP contribution is 2.39. The third-order valence-electron chi connectivity index (χ3n) is 6.63. The molecule has 0 amide bonds. The molecule has 3 aliphatic heterocycles. The first kappa shape index (κ1) is 22.0. The summed E-state index contributed by atoms with van der Waals surface area (Å²) in [6, 6.07) is 26.6. The van der Waals surface area contributed by atoms with E-state index in [2.05, 4.69) is 120 Å². The van der Waals surface area contributed by atoms with Gasteiger partial charge in [0.2, 0.25) is 0 Å². The van der Waals surface area contributed by atoms with Gasteiger partial charge in [-0.1, -0.05) is 104 Å². The number of benzene rings is 3. The Bertz CT molecular complexity index is 1310. The van der Waals surface area contributed by atoms with Crippen LogP contribution in [0.2, 0.25) is 0 Å². The van der Waals surface area contributed by atoms with Crippen LogP contribution < -0.4 is 0 Å². The topological polar surface area (TPSA) is 6.48 Å². The second-order valence-corrected chi connectivity index (χ2v) is 8.69. The van der Waals surface area contributed by atoms with Gasteiger partial charge in [0.25, 0.3) is 0 Å². The summed E-state index contributed by atoms with van der Waals surface area (Å²) in [4.78, 5) is 0. The van der Waals surface area contributed by atoms with Gasteiger partial charge < -0.3 is 0 Å². The van der Waals surface area contributed by atoms with Crippen LogP contribution in [0.5, 0.6) is 0 Å². The van der Waals surface area contributed by atoms with E-state index in [4.69, 9.17) is 0 Å². The van der Waals surface area contributed by atoms with Crippen molar-refractivity contribution in [2.45, 2.75) is 27.2 Å². The van der Waals surface area contributed by atoms with Crippen LogP contribution in [0.25, 0.3) is 22.5 Å². The predicted octanol–water partition coefficient (Wildman–Crippen LogP) is 7.71. The lowest BCUT2D eigenvalue weighted by Gasteiger charge is -2.42. The molecular formula is C32H32N2. The maximum absolute atomic E-state index is 2.46. The summed E-state index contributed by atoms with van der Waals surface area (Å²) < 4.78 is 0. The van der Waals surface area contributed by atoms with Crippen molar-refractivity contribution >= 4 is 11.4 Å². The maximum Gasteiger partial charge on any atom is 0.0656 e. The number of allylic oxidation sites excluding steroid dienone is 4. The molecule has 0 spiro atoms. The Balaban J connectivity index is 0.00000117. The molecule has 3 heterocycles. The second kappa shape index (κ2) is 9.61. The van der Waals surface area contributed by atoms with E-state index in [1.54, 1.807) is 0 Å². The Morgan fingerprint density at radius 2 is 1.41 bits per heavy atom. The van der Waals surface area contributed by atoms with E-state index >= 15 is 0 Å². The van der Waals surface area contributed by atoms with Crippen molar-refractivity contribution in [3.05, 3.63) is 131 Å². The molecule has 0 aliphatic carbocycles. The zero-order chi connectivity index (χ0) is 23.5. The highest BCUT2D eigenvalue weighted by atomic mass is 15.6. The Morgan fingerprint density at radius 1 is 0.676 bits per heavy atom. The van der Waals surface area contributed by atoms with Gasteiger partial charge in [-0.3, -0.25) is 10.0 Å². The van der Waals surface area contributed by atoms with Gasteiger partial charge in [0, 0.05) is 11.1 Å². The molecular weight excluding hydrogens is 412 g/mol. The maximum atomic E-state index is 2.46. The lowest BCUT2D eigenvalue weighted by Crippen LogP contribution is -2.42. The minimum absolute atomic E-state index is 0.873. The van der Waals surface area contributed by atoms with Gasteiger partial charge in [-0.2, -0.15) is 0 Å². The smallest absolute Gasteiger partial charge is 0.0656 e. The highest BCUT2D eigenvalue weighted by Gasteiger charge is 2.29. The summed E-state index contributed by atoms with van der Waals surface area (Å²) in [5, 5.41) is 4.90. The zero-order valence-electron chi connectivity index (χ0n) is 20.3. The minimum Gasteiger partial charge on any atom is -0.281 e. The van der Waals surface area contributed by atoms with E-state index in [1.165, 1.54) is 50.3 Å². The van der Waals surface area contributed by atoms with E-state index in [0.29, 0.717) is 0 Å². The van der Waals surface area contributed by atoms with Crippen molar-refractivity contribution in [1.82, 2.24) is 10.0 Å². The van der Waals surface area contributed by atoms with E-state index in [9.17, 15) is 0 Å². The van der Waals surface area contributed by atoms with Gasteiger partial charge in [-0.15, -0.1) is 0 Å². The molecule has 3 aromatic carbocycles. The molecule has 0 saturated carbocycles. The van der Waals surface area contributed by atoms with Crippen LogP contribution in [0.15, 0.2) is 109 Å². The number of nitrogens with zero attached hydrogens (tertiary/aromatic N) is 2. The first-order valence-electron chi connectivity index (χ1n) is 12.4. The minimum atomic E-state index is 0.873. The van der Waals surface area contributed by atoms with Crippen LogP contribution in [0.4, 0.5) is 0 Å². The average Bonchev–Trinajstić information content (AvgIpc) is 2.95. The molecule has 0 N–H and O–H groups in total. The highest BCUT2D eigenvalue weighted by molar-refractivity contribution is 5.79. The summed E-state index contributed by atoms with van der Waals surface area (Å²) in [5.74, 6) is 0. The molecule has 0 atom stereocenters. The molecule has 2 nitrogen and oxygen atoms in total. The first-order valence-corrected chi connectivity index (χ1v) is 12.4. The Morgan fingerprint density at radius 3 is 2.26 bits per heavy atom. The standard InChI is InChI=1S/C30H26N2.C2H6/c1-22-16-18-32-30(19-22)28-21-24(23-9-3-2-4-10-23)14-15-26(28)20-25-11-5-6-12-27(25)29-13-7-8-17-31(29)32;1-2/h2-16,19,21H,17-18,20H2,1H3;1-2H3. The van der Waals surface area contributed by atoms with Gasteiger partial charge in [0.05, 0.1) is 24.5 Å². The molecule has 0 radical (unpaired) electrons. The number of fused-ring (bicyclic) bond motifs is 7. The predicted molar refractivity (Wildman–Crippen MR) is 145 cm³/mol. The van der Waals surface area contributed by atoms with Crippen LogP contribution in [0, 0.1) is 0 Å². The molecule has 34 heavy (non-hydrogen) atoms. The van der Waals surface area contributed by atoms with Crippen LogP contribution in [0.1, 0.15) is 43.0 Å². The van der Waals surface area contributed by atoms with Gasteiger partial charge in [0.15, 0.2) is 0 Å². The molecule has 6 rings (SSSR count). The number of hydrogen-bond donors (Lipinski definition) is 0. The lowest BCUT2D eigenvalue weighted by molar-refractivity contribution is 0.131. The van der Waals surface area contributed by atoms with Crippen LogP contribution in [-0.4, -0.2) is 23.1 Å². The van der Waals surface area contributed by atoms with Gasteiger partial charge in [-0.25, -0.2) is 0 Å². The summed E-state index contributed by atoms with van der Waals surface area (Å²) in [6.45, 7) is 7.96. The normalized spacial score (nSPS) is 16.0. The fourth-order valence-corrected chi connectivity index (χ4v) is 4.99. The molecule has 0 unspecified atom stereocenters. The molecule has 0 saturated heterocycles. The van der Waals surface area contributed by atoms with Gasteiger partial charge >= 0.3 is 0 Å². The van der Waals surface area contributed by atoms with Crippen molar-refractivity contribution in [2.75, 3.05) is 13.1 Å². The monoisotopic (exact) mass is 444 g/mol. The third-order valence-corrected chi connectivity index (χ3v) is 6.63. The molecule has 2 heteroatoms. The Hall–Kier alpha value is -3.78. The zero-order valence-corrected chi connectivity index (χ0v) is 20.3. The SMILES string of the molecule is CC.CC1=CCN2C(=C1)c1cc(-c3ccccc3)ccc1Cc1ccccc1C1=CC=CCN12. The third kappa shape index (κ3) is 4.01. The van der Waals surface area contributed by atoms with Crippen LogP contribution in [0.3, 0.4) is 0 Å². The number of hydrazine groups is 1. The second-order valence-electron chi connectivity index (χ2n) is 8.69. The molecule has 3 aromatic rings. The molecule has 170 valence electrons. The van der Waals surface area contributed by atoms with Gasteiger partial charge in [-0.05, 0) is 53.8 Å². The molecule has 0 fully saturated rings. The molecule has 0 bridgehead atoms. The first-order chi connectivity index (χ1) is 16.8. The Kier molecular flexibility index (Phi) is 6.22. The van der Waals surface area contributed by atoms with Crippen LogP contribution in [-0.2, 0) is 6.42 Å². The van der Waals surface area contributed by atoms with E-state index < -0.39 is 0 Å². The van der Waals surface area contributed by atoms with Crippen molar-refractivity contribution in [3.63, 3.8) is 0 Å². The lowest BCUT2D eigenvalue weighted by atomic mass is 9.91. The fraction of sp³-hybridized carbons (Fsp3) is 0.188. The summed E-state index contributed by atoms with van der Waals surface area (Å²) >= 11 is 0. The summed E-state index contributed by atoms with van der Waals surface area (Å²) in [5.41, 5.74) is 11.8. The summed E-state index contributed by atoms with van der Waals surface area (Å²) in [6.07, 6.45) is 12.3. The van der Waals surface area contributed by atoms with Crippen LogP contribution >= 0.6 is 0 Å². The average molecular weight is 445 g/mol. The van der Waals surface area contributed by atoms with Gasteiger partial charge in [0.1, 0.15) is 0 Å². The molecule has 3 aliphatic rings. The number of rotatable bonds is 1. The van der Waals surface area contributed by atoms with E-state index in [0.717, 1.165) is 19.5 Å². The van der Waals surface area contributed by atoms with Crippen molar-refractivity contribution in [3.8, 4) is 11.1 Å². The van der Waals surface area contributed by atoms with Crippen molar-refractivity contribution in [2.24, 2.45) is 0 Å².